The van der Waals surface area contributed by atoms with Crippen LogP contribution in [-0.4, -0.2) is 43.9 Å². The van der Waals surface area contributed by atoms with Crippen molar-refractivity contribution in [3.8, 4) is 11.5 Å². The van der Waals surface area contributed by atoms with Gasteiger partial charge in [0.25, 0.3) is 0 Å². The van der Waals surface area contributed by atoms with Gasteiger partial charge in [-0.25, -0.2) is 0 Å². The molecule has 2 atom stereocenters. The quantitative estimate of drug-likeness (QED) is 0.922. The second-order valence-electron chi connectivity index (χ2n) is 6.13. The van der Waals surface area contributed by atoms with Crippen LogP contribution >= 0.6 is 0 Å². The first-order valence-corrected chi connectivity index (χ1v) is 7.92. The largest absolute Gasteiger partial charge is 0.486 e. The fourth-order valence-corrected chi connectivity index (χ4v) is 2.96. The molecule has 1 N–H and O–H groups in total. The topological polar surface area (TPSA) is 41.9 Å². The van der Waals surface area contributed by atoms with Gasteiger partial charge in [0, 0.05) is 12.5 Å². The Hall–Kier alpha value is -2.04. The van der Waals surface area contributed by atoms with E-state index in [0.717, 1.165) is 23.4 Å². The fourth-order valence-electron chi connectivity index (χ4n) is 2.96. The van der Waals surface area contributed by atoms with Crippen molar-refractivity contribution in [2.45, 2.75) is 12.0 Å². The Labute approximate surface area is 137 Å². The van der Waals surface area contributed by atoms with Gasteiger partial charge in [-0.1, -0.05) is 36.4 Å². The van der Waals surface area contributed by atoms with E-state index in [4.69, 9.17) is 9.47 Å². The molecule has 0 saturated heterocycles. The molecule has 0 spiro atoms. The fraction of sp³-hybridized carbons (Fsp3) is 0.368. The summed E-state index contributed by atoms with van der Waals surface area (Å²) in [4.78, 5) is 2.10. The van der Waals surface area contributed by atoms with Crippen molar-refractivity contribution in [3.63, 3.8) is 0 Å². The molecule has 2 aromatic carbocycles. The third-order valence-electron chi connectivity index (χ3n) is 4.08. The summed E-state index contributed by atoms with van der Waals surface area (Å²) in [5.41, 5.74) is 1.98. The van der Waals surface area contributed by atoms with Gasteiger partial charge in [-0.3, -0.25) is 0 Å². The standard InChI is InChI=1S/C19H23NO3/c1-20(2)13-16(14-6-4-3-5-7-14)19(21)15-8-9-17-18(12-15)23-11-10-22-17/h3-9,12,16,19,21H,10-11,13H2,1-2H3. The second-order valence-corrected chi connectivity index (χ2v) is 6.13. The van der Waals surface area contributed by atoms with Crippen LogP contribution < -0.4 is 9.47 Å². The minimum Gasteiger partial charge on any atom is -0.486 e. The minimum atomic E-state index is -0.601. The maximum Gasteiger partial charge on any atom is 0.161 e. The van der Waals surface area contributed by atoms with Crippen molar-refractivity contribution in [2.75, 3.05) is 33.9 Å². The van der Waals surface area contributed by atoms with Crippen LogP contribution in [0.1, 0.15) is 23.1 Å². The number of hydrogen-bond donors (Lipinski definition) is 1. The van der Waals surface area contributed by atoms with Crippen LogP contribution in [0.3, 0.4) is 0 Å². The molecular weight excluding hydrogens is 290 g/mol. The molecule has 1 aliphatic heterocycles. The average Bonchev–Trinajstić information content (AvgIpc) is 2.59. The van der Waals surface area contributed by atoms with E-state index in [2.05, 4.69) is 17.0 Å². The summed E-state index contributed by atoms with van der Waals surface area (Å²) >= 11 is 0. The van der Waals surface area contributed by atoms with E-state index in [1.807, 2.05) is 50.5 Å². The minimum absolute atomic E-state index is 0.00578. The van der Waals surface area contributed by atoms with Gasteiger partial charge in [0.1, 0.15) is 13.2 Å². The molecule has 0 radical (unpaired) electrons. The van der Waals surface area contributed by atoms with E-state index in [0.29, 0.717) is 19.0 Å². The predicted molar refractivity (Wildman–Crippen MR) is 90.1 cm³/mol. The van der Waals surface area contributed by atoms with Crippen LogP contribution in [0.25, 0.3) is 0 Å². The Morgan fingerprint density at radius 3 is 2.35 bits per heavy atom. The van der Waals surface area contributed by atoms with Crippen LogP contribution in [0.2, 0.25) is 0 Å². The van der Waals surface area contributed by atoms with Gasteiger partial charge >= 0.3 is 0 Å². The van der Waals surface area contributed by atoms with Crippen molar-refractivity contribution < 1.29 is 14.6 Å². The highest BCUT2D eigenvalue weighted by molar-refractivity contribution is 5.45. The number of aliphatic hydroxyl groups excluding tert-OH is 1. The highest BCUT2D eigenvalue weighted by atomic mass is 16.6. The molecule has 2 aromatic rings. The normalized spacial score (nSPS) is 16.2. The van der Waals surface area contributed by atoms with Gasteiger partial charge in [-0.2, -0.15) is 0 Å². The summed E-state index contributed by atoms with van der Waals surface area (Å²) in [6, 6.07) is 15.8. The number of benzene rings is 2. The Bertz CT molecular complexity index is 642. The van der Waals surface area contributed by atoms with Crippen LogP contribution in [0, 0.1) is 0 Å². The third-order valence-corrected chi connectivity index (χ3v) is 4.08. The zero-order valence-electron chi connectivity index (χ0n) is 13.6. The van der Waals surface area contributed by atoms with Gasteiger partial charge < -0.3 is 19.5 Å². The molecule has 1 aliphatic rings. The van der Waals surface area contributed by atoms with Crippen molar-refractivity contribution >= 4 is 0 Å². The van der Waals surface area contributed by atoms with Crippen molar-refractivity contribution in [1.29, 1.82) is 0 Å². The molecule has 0 aromatic heterocycles. The SMILES string of the molecule is CN(C)CC(c1ccccc1)C(O)c1ccc2c(c1)OCCO2. The lowest BCUT2D eigenvalue weighted by Gasteiger charge is -2.28. The molecule has 4 nitrogen and oxygen atoms in total. The smallest absolute Gasteiger partial charge is 0.161 e. The van der Waals surface area contributed by atoms with E-state index in [1.54, 1.807) is 0 Å². The molecule has 4 heteroatoms. The molecule has 2 unspecified atom stereocenters. The van der Waals surface area contributed by atoms with Crippen LogP contribution in [0.5, 0.6) is 11.5 Å². The van der Waals surface area contributed by atoms with Gasteiger partial charge in [-0.05, 0) is 37.4 Å². The van der Waals surface area contributed by atoms with E-state index in [9.17, 15) is 5.11 Å². The molecular formula is C19H23NO3. The second kappa shape index (κ2) is 7.02. The first-order chi connectivity index (χ1) is 11.1. The van der Waals surface area contributed by atoms with Crippen molar-refractivity contribution in [3.05, 3.63) is 59.7 Å². The number of rotatable bonds is 5. The van der Waals surface area contributed by atoms with E-state index < -0.39 is 6.10 Å². The van der Waals surface area contributed by atoms with Crippen LogP contribution in [-0.2, 0) is 0 Å². The maximum absolute atomic E-state index is 11.0. The number of nitrogens with zero attached hydrogens (tertiary/aromatic N) is 1. The van der Waals surface area contributed by atoms with Gasteiger partial charge in [0.2, 0.25) is 0 Å². The Kier molecular flexibility index (Phi) is 4.84. The first-order valence-electron chi connectivity index (χ1n) is 7.92. The molecule has 122 valence electrons. The number of hydrogen-bond acceptors (Lipinski definition) is 4. The Morgan fingerprint density at radius 1 is 0.957 bits per heavy atom. The number of aliphatic hydroxyl groups is 1. The van der Waals surface area contributed by atoms with Crippen molar-refractivity contribution in [1.82, 2.24) is 4.90 Å². The molecule has 23 heavy (non-hydrogen) atoms. The zero-order chi connectivity index (χ0) is 16.2. The molecule has 1 heterocycles. The van der Waals surface area contributed by atoms with E-state index >= 15 is 0 Å². The van der Waals surface area contributed by atoms with E-state index in [-0.39, 0.29) is 5.92 Å². The van der Waals surface area contributed by atoms with E-state index in [1.165, 1.54) is 0 Å². The first kappa shape index (κ1) is 15.8. The summed E-state index contributed by atoms with van der Waals surface area (Å²) in [6.45, 7) is 1.88. The lowest BCUT2D eigenvalue weighted by Crippen LogP contribution is -2.25. The van der Waals surface area contributed by atoms with Crippen LogP contribution in [0.15, 0.2) is 48.5 Å². The summed E-state index contributed by atoms with van der Waals surface area (Å²) in [7, 11) is 4.04. The predicted octanol–water partition coefficient (Wildman–Crippen LogP) is 2.84. The van der Waals surface area contributed by atoms with Gasteiger partial charge in [0.15, 0.2) is 11.5 Å². The maximum atomic E-state index is 11.0. The Morgan fingerprint density at radius 2 is 1.65 bits per heavy atom. The monoisotopic (exact) mass is 313 g/mol. The summed E-state index contributed by atoms with van der Waals surface area (Å²) in [5, 5.41) is 11.0. The van der Waals surface area contributed by atoms with Crippen LogP contribution in [0.4, 0.5) is 0 Å². The molecule has 0 fully saturated rings. The van der Waals surface area contributed by atoms with Gasteiger partial charge in [0.05, 0.1) is 6.10 Å². The number of ether oxygens (including phenoxy) is 2. The number of fused-ring (bicyclic) bond motifs is 1. The third kappa shape index (κ3) is 3.66. The lowest BCUT2D eigenvalue weighted by atomic mass is 9.88. The summed E-state index contributed by atoms with van der Waals surface area (Å²) < 4.78 is 11.2. The molecule has 3 rings (SSSR count). The summed E-state index contributed by atoms with van der Waals surface area (Å²) in [5.74, 6) is 1.45. The molecule has 0 amide bonds. The van der Waals surface area contributed by atoms with Gasteiger partial charge in [-0.15, -0.1) is 0 Å². The highest BCUT2D eigenvalue weighted by Gasteiger charge is 2.25. The zero-order valence-corrected chi connectivity index (χ0v) is 13.6. The molecule has 0 bridgehead atoms. The van der Waals surface area contributed by atoms with Crippen molar-refractivity contribution in [2.24, 2.45) is 0 Å². The molecule has 0 aliphatic carbocycles. The Balaban J connectivity index is 1.89. The molecule has 0 saturated carbocycles. The lowest BCUT2D eigenvalue weighted by molar-refractivity contribution is 0.127. The number of likely N-dealkylation sites (N-methyl/N-ethyl adjacent to an activating group) is 1. The summed E-state index contributed by atoms with van der Waals surface area (Å²) in [6.07, 6.45) is -0.601. The highest BCUT2D eigenvalue weighted by Crippen LogP contribution is 2.37. The average molecular weight is 313 g/mol.